The minimum atomic E-state index is -1.75. The number of fused-ring (bicyclic) bond motifs is 9. The number of ketones is 4. The Morgan fingerprint density at radius 3 is 1.38 bits per heavy atom. The number of rotatable bonds is 8. The zero-order chi connectivity index (χ0) is 38.8. The second kappa shape index (κ2) is 13.6. The molecular weight excluding hydrogens is 766 g/mol. The van der Waals surface area contributed by atoms with Crippen LogP contribution in [0.2, 0.25) is 0 Å². The maximum absolute atomic E-state index is 14.6. The average Bonchev–Trinajstić information content (AvgIpc) is 3.97. The van der Waals surface area contributed by atoms with Gasteiger partial charge in [-0.3, -0.25) is 19.2 Å². The molecule has 0 amide bonds. The van der Waals surface area contributed by atoms with E-state index in [-0.39, 0.29) is 48.2 Å². The number of alkyl halides is 3. The molecule has 0 radical (unpaired) electrons. The van der Waals surface area contributed by atoms with Crippen molar-refractivity contribution >= 4 is 119 Å². The topological polar surface area (TPSA) is 103 Å². The van der Waals surface area contributed by atoms with Crippen molar-refractivity contribution in [2.24, 2.45) is 51.4 Å². The van der Waals surface area contributed by atoms with E-state index in [0.717, 1.165) is 66.8 Å². The third-order valence-electron chi connectivity index (χ3n) is 12.4. The van der Waals surface area contributed by atoms with E-state index in [1.165, 1.54) is 22.7 Å². The fourth-order valence-corrected chi connectivity index (χ4v) is 12.9. The highest BCUT2D eigenvalue weighted by molar-refractivity contribution is 7.35. The number of hydrogen-bond donors (Lipinski definition) is 0. The van der Waals surface area contributed by atoms with Crippen molar-refractivity contribution in [2.75, 3.05) is 0 Å². The number of halogens is 3. The summed E-state index contributed by atoms with van der Waals surface area (Å²) in [6, 6.07) is 3.91. The summed E-state index contributed by atoms with van der Waals surface area (Å²) in [5.41, 5.74) is 3.95. The minimum absolute atomic E-state index is 0.0522. The first kappa shape index (κ1) is 37.1. The monoisotopic (exact) mass is 808 g/mol. The first-order chi connectivity index (χ1) is 26.2. The van der Waals surface area contributed by atoms with Crippen LogP contribution in [0.3, 0.4) is 0 Å². The summed E-state index contributed by atoms with van der Waals surface area (Å²) in [5.74, 6) is -3.84. The first-order valence-electron chi connectivity index (χ1n) is 19.5. The Bertz CT molecular complexity index is 2290. The normalized spacial score (nSPS) is 29.6. The van der Waals surface area contributed by atoms with Gasteiger partial charge in [0.25, 0.3) is 0 Å². The number of carbonyl (C=O) groups excluding carboxylic acids is 4. The van der Waals surface area contributed by atoms with Crippen molar-refractivity contribution in [3.8, 4) is 0 Å². The summed E-state index contributed by atoms with van der Waals surface area (Å²) in [4.78, 5) is 62.8. The summed E-state index contributed by atoms with van der Waals surface area (Å²) in [7, 11) is 0. The molecule has 0 aliphatic heterocycles. The van der Waals surface area contributed by atoms with Gasteiger partial charge >= 0.3 is 0 Å². The van der Waals surface area contributed by atoms with Gasteiger partial charge in [-0.05, 0) is 68.4 Å². The minimum Gasteiger partial charge on any atom is -0.337 e. The zero-order valence-electron chi connectivity index (χ0n) is 31.4. The summed E-state index contributed by atoms with van der Waals surface area (Å²) in [6.45, 7) is 12.0. The molecule has 5 aromatic heterocycles. The van der Waals surface area contributed by atoms with Crippen LogP contribution in [0.4, 0.5) is 23.2 Å². The van der Waals surface area contributed by atoms with Gasteiger partial charge in [0.05, 0.1) is 40.9 Å². The average molecular weight is 809 g/mol. The number of aliphatic imine (C=N–C) groups is 2. The second-order valence-corrected chi connectivity index (χ2v) is 20.1. The van der Waals surface area contributed by atoms with E-state index >= 15 is 0 Å². The van der Waals surface area contributed by atoms with Gasteiger partial charge in [-0.2, -0.15) is 0 Å². The van der Waals surface area contributed by atoms with Crippen molar-refractivity contribution in [3.05, 3.63) is 12.1 Å². The molecule has 8 unspecified atom stereocenters. The molecule has 0 aromatic carbocycles. The highest BCUT2D eigenvalue weighted by Gasteiger charge is 2.53. The number of thiophene rings is 3. The van der Waals surface area contributed by atoms with Crippen molar-refractivity contribution in [2.45, 2.75) is 105 Å². The van der Waals surface area contributed by atoms with Gasteiger partial charge in [-0.1, -0.05) is 34.6 Å². The highest BCUT2D eigenvalue weighted by Crippen LogP contribution is 2.52. The van der Waals surface area contributed by atoms with Gasteiger partial charge in [0.1, 0.15) is 28.5 Å². The Balaban J connectivity index is 1.17. The summed E-state index contributed by atoms with van der Waals surface area (Å²) >= 11 is 4.54. The Hall–Kier alpha value is -3.49. The molecular formula is C41H43F3N4O4S3. The lowest BCUT2D eigenvalue weighted by Crippen LogP contribution is -2.35. The van der Waals surface area contributed by atoms with E-state index in [2.05, 4.69) is 41.8 Å². The largest absolute Gasteiger partial charge is 0.337 e. The highest BCUT2D eigenvalue weighted by atomic mass is 32.1. The Morgan fingerprint density at radius 2 is 0.982 bits per heavy atom. The van der Waals surface area contributed by atoms with Crippen LogP contribution in [0.1, 0.15) is 73.1 Å². The van der Waals surface area contributed by atoms with Crippen molar-refractivity contribution < 1.29 is 32.3 Å². The van der Waals surface area contributed by atoms with Gasteiger partial charge in [0, 0.05) is 36.8 Å². The number of hydrogen-bond acceptors (Lipinski definition) is 9. The van der Waals surface area contributed by atoms with Crippen LogP contribution >= 0.6 is 34.0 Å². The number of aryl methyl sites for hydroxylation is 2. The Morgan fingerprint density at radius 1 is 0.600 bits per heavy atom. The Labute approximate surface area is 327 Å². The van der Waals surface area contributed by atoms with Crippen LogP contribution in [0.5, 0.6) is 0 Å². The molecule has 8 nitrogen and oxygen atoms in total. The maximum Gasteiger partial charge on any atom is 0.188 e. The lowest BCUT2D eigenvalue weighted by molar-refractivity contribution is -0.123. The fraction of sp³-hybridized carbons (Fsp3) is 0.561. The van der Waals surface area contributed by atoms with Gasteiger partial charge < -0.3 is 9.13 Å². The van der Waals surface area contributed by atoms with Gasteiger partial charge in [0.2, 0.25) is 0 Å². The number of Topliss-reactive ketones (excluding diaryl/α,β-unsaturated/α-hetero) is 4. The van der Waals surface area contributed by atoms with E-state index in [1.54, 1.807) is 18.3 Å². The lowest BCUT2D eigenvalue weighted by atomic mass is 9.75. The van der Waals surface area contributed by atoms with Gasteiger partial charge in [0.15, 0.2) is 34.6 Å². The number of carbonyl (C=O) groups is 4. The van der Waals surface area contributed by atoms with Crippen LogP contribution in [-0.4, -0.2) is 62.2 Å². The third kappa shape index (κ3) is 5.85. The fourth-order valence-electron chi connectivity index (χ4n) is 9.28. The molecule has 4 fully saturated rings. The number of nitrogens with zero attached hydrogens (tertiary/aromatic N) is 4. The van der Waals surface area contributed by atoms with Crippen LogP contribution in [0.15, 0.2) is 22.1 Å². The van der Waals surface area contributed by atoms with Crippen LogP contribution < -0.4 is 0 Å². The molecule has 0 spiro atoms. The molecule has 4 saturated carbocycles. The molecule has 55 heavy (non-hydrogen) atoms. The van der Waals surface area contributed by atoms with Crippen molar-refractivity contribution in [1.29, 1.82) is 0 Å². The van der Waals surface area contributed by atoms with Crippen LogP contribution in [0.25, 0.3) is 40.9 Å². The standard InChI is InChI=1S/C41H43F3N4O4S3/c1-16(2)6-8-47-26-14-28(45-30-34(49)19-10-18(5)23(42)11-20(19)35(30)50)53-38(26)40-32(47)33-41(55-40)39-27(48(33)9-7-17(3)4)15-29(54-39)46-31-36(51)21-12-24(43)25(44)13-22(21)37(31)52/h14-25H,6-13H2,1-5H3. The molecule has 8 atom stereocenters. The molecule has 290 valence electrons. The lowest BCUT2D eigenvalue weighted by Gasteiger charge is -2.30. The zero-order valence-corrected chi connectivity index (χ0v) is 33.8. The first-order valence-corrected chi connectivity index (χ1v) is 21.9. The molecule has 0 bridgehead atoms. The van der Waals surface area contributed by atoms with Crippen LogP contribution in [0, 0.1) is 41.4 Å². The maximum atomic E-state index is 14.6. The Kier molecular flexibility index (Phi) is 9.16. The molecule has 9 rings (SSSR count). The predicted molar refractivity (Wildman–Crippen MR) is 215 cm³/mol. The van der Waals surface area contributed by atoms with Gasteiger partial charge in [-0.15, -0.1) is 34.0 Å². The van der Waals surface area contributed by atoms with E-state index < -0.39 is 53.8 Å². The molecule has 0 N–H and O–H groups in total. The summed E-state index contributed by atoms with van der Waals surface area (Å²) in [5, 5.41) is 1.09. The molecule has 5 heterocycles. The summed E-state index contributed by atoms with van der Waals surface area (Å²) in [6.07, 6.45) is -2.91. The molecule has 14 heteroatoms. The molecule has 4 aliphatic rings. The smallest absolute Gasteiger partial charge is 0.188 e. The SMILES string of the molecule is CC(C)CCn1c2cc(N=C3C(=O)C4CC(C)C(F)CC4C3=O)sc2c2sc3c4sc(N=C5C(=O)C6CC(F)C(F)CC6C5=O)cc4n(CCC(C)C)c3c21. The predicted octanol–water partition coefficient (Wildman–Crippen LogP) is 10.3. The third-order valence-corrected chi connectivity index (χ3v) is 16.0. The molecule has 4 aliphatic carbocycles. The van der Waals surface area contributed by atoms with E-state index in [4.69, 9.17) is 4.99 Å². The van der Waals surface area contributed by atoms with E-state index in [1.807, 2.05) is 12.1 Å². The van der Waals surface area contributed by atoms with Crippen molar-refractivity contribution in [1.82, 2.24) is 9.13 Å². The molecule has 5 aromatic rings. The van der Waals surface area contributed by atoms with Crippen molar-refractivity contribution in [3.63, 3.8) is 0 Å². The number of aromatic nitrogens is 2. The molecule has 0 saturated heterocycles. The van der Waals surface area contributed by atoms with E-state index in [9.17, 15) is 32.3 Å². The van der Waals surface area contributed by atoms with Crippen LogP contribution in [-0.2, 0) is 32.3 Å². The quantitative estimate of drug-likeness (QED) is 0.156. The summed E-state index contributed by atoms with van der Waals surface area (Å²) < 4.78 is 51.9. The van der Waals surface area contributed by atoms with Gasteiger partial charge in [-0.25, -0.2) is 23.2 Å². The second-order valence-electron chi connectivity index (χ2n) is 17.0. The van der Waals surface area contributed by atoms with E-state index in [0.29, 0.717) is 28.3 Å².